The normalized spacial score (nSPS) is 10.6. The first-order valence-electron chi connectivity index (χ1n) is 4.44. The lowest BCUT2D eigenvalue weighted by molar-refractivity contribution is 0.483. The van der Waals surface area contributed by atoms with Crippen LogP contribution < -0.4 is 5.32 Å². The van der Waals surface area contributed by atoms with E-state index in [4.69, 9.17) is 4.42 Å². The minimum Gasteiger partial charge on any atom is -0.438 e. The van der Waals surface area contributed by atoms with E-state index in [0.29, 0.717) is 6.54 Å². The molecule has 0 saturated carbocycles. The number of rotatable bonds is 4. The van der Waals surface area contributed by atoms with Crippen molar-refractivity contribution >= 4 is 11.3 Å². The standard InChI is InChI=1S/C9H11N3OS/c1-2-10-5-9-12-3-7(13-9)8-4-11-6-14-8/h3-4,6,10H,2,5H2,1H3. The van der Waals surface area contributed by atoms with Crippen molar-refractivity contribution in [3.8, 4) is 10.6 Å². The molecule has 2 aromatic heterocycles. The lowest BCUT2D eigenvalue weighted by atomic mass is 10.4. The van der Waals surface area contributed by atoms with Crippen molar-refractivity contribution in [1.82, 2.24) is 15.3 Å². The van der Waals surface area contributed by atoms with E-state index in [9.17, 15) is 0 Å². The van der Waals surface area contributed by atoms with E-state index in [-0.39, 0.29) is 0 Å². The van der Waals surface area contributed by atoms with Gasteiger partial charge in [-0.15, -0.1) is 11.3 Å². The summed E-state index contributed by atoms with van der Waals surface area (Å²) in [5.41, 5.74) is 1.78. The molecule has 2 rings (SSSR count). The second-order valence-electron chi connectivity index (χ2n) is 2.76. The van der Waals surface area contributed by atoms with E-state index in [1.165, 1.54) is 0 Å². The van der Waals surface area contributed by atoms with Crippen LogP contribution in [0.1, 0.15) is 12.8 Å². The third-order valence-corrected chi connectivity index (χ3v) is 2.54. The first-order valence-corrected chi connectivity index (χ1v) is 5.32. The van der Waals surface area contributed by atoms with Gasteiger partial charge in [0, 0.05) is 6.20 Å². The Morgan fingerprint density at radius 1 is 1.50 bits per heavy atom. The topological polar surface area (TPSA) is 51.0 Å². The number of nitrogens with zero attached hydrogens (tertiary/aromatic N) is 2. The summed E-state index contributed by atoms with van der Waals surface area (Å²) in [5, 5.41) is 3.15. The minimum atomic E-state index is 0.676. The Kier molecular flexibility index (Phi) is 2.90. The molecule has 0 fully saturated rings. The quantitative estimate of drug-likeness (QED) is 0.835. The molecule has 2 heterocycles. The van der Waals surface area contributed by atoms with Gasteiger partial charge in [0.25, 0.3) is 0 Å². The van der Waals surface area contributed by atoms with Gasteiger partial charge in [0.2, 0.25) is 5.89 Å². The summed E-state index contributed by atoms with van der Waals surface area (Å²) in [6.45, 7) is 3.64. The van der Waals surface area contributed by atoms with Gasteiger partial charge < -0.3 is 9.73 Å². The fourth-order valence-electron chi connectivity index (χ4n) is 1.08. The average molecular weight is 209 g/mol. The summed E-state index contributed by atoms with van der Waals surface area (Å²) in [6, 6.07) is 0. The highest BCUT2D eigenvalue weighted by molar-refractivity contribution is 7.13. The first-order chi connectivity index (χ1) is 6.90. The number of aromatic nitrogens is 2. The SMILES string of the molecule is CCNCc1ncc(-c2cncs2)o1. The van der Waals surface area contributed by atoms with Gasteiger partial charge in [-0.3, -0.25) is 4.98 Å². The molecular weight excluding hydrogens is 198 g/mol. The Bertz CT molecular complexity index is 382. The smallest absolute Gasteiger partial charge is 0.208 e. The molecule has 14 heavy (non-hydrogen) atoms. The van der Waals surface area contributed by atoms with Crippen LogP contribution in [0.4, 0.5) is 0 Å². The second kappa shape index (κ2) is 4.34. The summed E-state index contributed by atoms with van der Waals surface area (Å²) in [4.78, 5) is 9.16. The third kappa shape index (κ3) is 2.00. The van der Waals surface area contributed by atoms with Crippen LogP contribution in [0.25, 0.3) is 10.6 Å². The van der Waals surface area contributed by atoms with Crippen LogP contribution in [-0.2, 0) is 6.54 Å². The van der Waals surface area contributed by atoms with Gasteiger partial charge in [0.1, 0.15) is 0 Å². The molecular formula is C9H11N3OS. The fourth-order valence-corrected chi connectivity index (χ4v) is 1.64. The van der Waals surface area contributed by atoms with Crippen LogP contribution >= 0.6 is 11.3 Å². The van der Waals surface area contributed by atoms with Crippen molar-refractivity contribution in [3.63, 3.8) is 0 Å². The van der Waals surface area contributed by atoms with Crippen LogP contribution in [0.5, 0.6) is 0 Å². The zero-order valence-electron chi connectivity index (χ0n) is 7.86. The highest BCUT2D eigenvalue weighted by Gasteiger charge is 2.06. The predicted molar refractivity (Wildman–Crippen MR) is 55.0 cm³/mol. The Balaban J connectivity index is 2.10. The van der Waals surface area contributed by atoms with Crippen LogP contribution in [0, 0.1) is 0 Å². The van der Waals surface area contributed by atoms with E-state index in [0.717, 1.165) is 23.1 Å². The number of hydrogen-bond acceptors (Lipinski definition) is 5. The molecule has 0 spiro atoms. The molecule has 0 aromatic carbocycles. The predicted octanol–water partition coefficient (Wildman–Crippen LogP) is 1.91. The van der Waals surface area contributed by atoms with E-state index >= 15 is 0 Å². The van der Waals surface area contributed by atoms with Crippen molar-refractivity contribution in [2.75, 3.05) is 6.54 Å². The first kappa shape index (κ1) is 9.36. The molecule has 0 amide bonds. The molecule has 1 N–H and O–H groups in total. The van der Waals surface area contributed by atoms with Gasteiger partial charge in [0.05, 0.1) is 23.1 Å². The third-order valence-electron chi connectivity index (χ3n) is 1.75. The van der Waals surface area contributed by atoms with E-state index in [1.54, 1.807) is 29.2 Å². The largest absolute Gasteiger partial charge is 0.438 e. The van der Waals surface area contributed by atoms with Crippen molar-refractivity contribution in [2.24, 2.45) is 0 Å². The van der Waals surface area contributed by atoms with Crippen molar-refractivity contribution < 1.29 is 4.42 Å². The van der Waals surface area contributed by atoms with Gasteiger partial charge in [0.15, 0.2) is 5.76 Å². The molecule has 4 nitrogen and oxygen atoms in total. The Morgan fingerprint density at radius 2 is 2.43 bits per heavy atom. The van der Waals surface area contributed by atoms with Gasteiger partial charge in [-0.25, -0.2) is 4.98 Å². The average Bonchev–Trinajstić information content (AvgIpc) is 2.85. The van der Waals surface area contributed by atoms with Crippen LogP contribution in [0.2, 0.25) is 0 Å². The van der Waals surface area contributed by atoms with Crippen molar-refractivity contribution in [3.05, 3.63) is 23.8 Å². The molecule has 0 aliphatic carbocycles. The molecule has 0 bridgehead atoms. The van der Waals surface area contributed by atoms with Crippen molar-refractivity contribution in [2.45, 2.75) is 13.5 Å². The molecule has 0 radical (unpaired) electrons. The highest BCUT2D eigenvalue weighted by atomic mass is 32.1. The number of hydrogen-bond donors (Lipinski definition) is 1. The van der Waals surface area contributed by atoms with Crippen molar-refractivity contribution in [1.29, 1.82) is 0 Å². The molecule has 74 valence electrons. The maximum atomic E-state index is 5.53. The molecule has 0 saturated heterocycles. The molecule has 0 aliphatic rings. The molecule has 0 aliphatic heterocycles. The zero-order chi connectivity index (χ0) is 9.80. The number of oxazole rings is 1. The summed E-state index contributed by atoms with van der Waals surface area (Å²) in [5.74, 6) is 1.51. The fraction of sp³-hybridized carbons (Fsp3) is 0.333. The monoisotopic (exact) mass is 209 g/mol. The maximum absolute atomic E-state index is 5.53. The number of thiazole rings is 1. The van der Waals surface area contributed by atoms with Crippen LogP contribution in [-0.4, -0.2) is 16.5 Å². The minimum absolute atomic E-state index is 0.676. The Labute approximate surface area is 86.0 Å². The van der Waals surface area contributed by atoms with Gasteiger partial charge >= 0.3 is 0 Å². The molecule has 0 atom stereocenters. The molecule has 0 unspecified atom stereocenters. The molecule has 2 aromatic rings. The van der Waals surface area contributed by atoms with E-state index in [1.807, 2.05) is 6.92 Å². The maximum Gasteiger partial charge on any atom is 0.208 e. The van der Waals surface area contributed by atoms with Crippen LogP contribution in [0.3, 0.4) is 0 Å². The Hall–Kier alpha value is -1.20. The summed E-state index contributed by atoms with van der Waals surface area (Å²) in [6.07, 6.45) is 3.52. The van der Waals surface area contributed by atoms with Gasteiger partial charge in [-0.1, -0.05) is 6.92 Å². The summed E-state index contributed by atoms with van der Waals surface area (Å²) >= 11 is 1.55. The van der Waals surface area contributed by atoms with E-state index < -0.39 is 0 Å². The van der Waals surface area contributed by atoms with Gasteiger partial charge in [-0.05, 0) is 6.54 Å². The summed E-state index contributed by atoms with van der Waals surface area (Å²) in [7, 11) is 0. The summed E-state index contributed by atoms with van der Waals surface area (Å²) < 4.78 is 5.53. The Morgan fingerprint density at radius 3 is 3.14 bits per heavy atom. The zero-order valence-corrected chi connectivity index (χ0v) is 8.67. The lowest BCUT2D eigenvalue weighted by Gasteiger charge is -1.94. The lowest BCUT2D eigenvalue weighted by Crippen LogP contribution is -2.11. The second-order valence-corrected chi connectivity index (χ2v) is 3.65. The van der Waals surface area contributed by atoms with Crippen LogP contribution in [0.15, 0.2) is 22.3 Å². The van der Waals surface area contributed by atoms with E-state index in [2.05, 4.69) is 15.3 Å². The number of nitrogens with one attached hydrogen (secondary N) is 1. The van der Waals surface area contributed by atoms with Gasteiger partial charge in [-0.2, -0.15) is 0 Å². The highest BCUT2D eigenvalue weighted by Crippen LogP contribution is 2.23. The molecule has 5 heteroatoms.